The summed E-state index contributed by atoms with van der Waals surface area (Å²) < 4.78 is 16.4. The summed E-state index contributed by atoms with van der Waals surface area (Å²) in [7, 11) is 1.26. The number of methoxy groups -OCH3 is 1. The summed E-state index contributed by atoms with van der Waals surface area (Å²) >= 11 is 0. The smallest absolute Gasteiger partial charge is 0.311 e. The first-order chi connectivity index (χ1) is 15.3. The number of hydrogen-bond donors (Lipinski definition) is 1. The van der Waals surface area contributed by atoms with Crippen LogP contribution >= 0.6 is 0 Å². The number of phenols is 1. The molecule has 5 unspecified atom stereocenters. The Morgan fingerprint density at radius 2 is 1.70 bits per heavy atom. The molecule has 1 fully saturated rings. The van der Waals surface area contributed by atoms with Crippen LogP contribution in [-0.2, 0) is 34.0 Å². The number of carbonyl (C=O) groups excluding carboxylic acids is 4. The summed E-state index contributed by atoms with van der Waals surface area (Å²) in [5.74, 6) is -3.30. The fraction of sp³-hybridized carbons (Fsp3) is 0.600. The van der Waals surface area contributed by atoms with Crippen molar-refractivity contribution in [3.63, 3.8) is 0 Å². The highest BCUT2D eigenvalue weighted by Crippen LogP contribution is 2.60. The van der Waals surface area contributed by atoms with E-state index in [-0.39, 0.29) is 23.7 Å². The summed E-state index contributed by atoms with van der Waals surface area (Å²) in [4.78, 5) is 50.9. The molecule has 0 aromatic heterocycles. The fourth-order valence-electron chi connectivity index (χ4n) is 5.90. The minimum atomic E-state index is -1.32. The lowest BCUT2D eigenvalue weighted by molar-refractivity contribution is -0.187. The molecule has 0 amide bonds. The van der Waals surface area contributed by atoms with E-state index in [9.17, 15) is 24.3 Å². The molecule has 0 saturated heterocycles. The van der Waals surface area contributed by atoms with Crippen LogP contribution in [0, 0.1) is 11.3 Å². The average molecular weight is 461 g/mol. The Balaban J connectivity index is 2.41. The molecule has 0 heterocycles. The van der Waals surface area contributed by atoms with Gasteiger partial charge in [0.1, 0.15) is 11.9 Å². The molecule has 0 spiro atoms. The van der Waals surface area contributed by atoms with Gasteiger partial charge in [-0.1, -0.05) is 20.8 Å². The molecular weight excluding hydrogens is 428 g/mol. The van der Waals surface area contributed by atoms with E-state index in [1.165, 1.54) is 21.0 Å². The highest BCUT2D eigenvalue weighted by atomic mass is 16.6. The Morgan fingerprint density at radius 1 is 1.09 bits per heavy atom. The Labute approximate surface area is 193 Å². The van der Waals surface area contributed by atoms with Gasteiger partial charge >= 0.3 is 17.9 Å². The molecule has 2 aliphatic rings. The normalized spacial score (nSPS) is 30.8. The highest BCUT2D eigenvalue weighted by Gasteiger charge is 2.67. The van der Waals surface area contributed by atoms with Crippen LogP contribution in [0.1, 0.15) is 81.8 Å². The average Bonchev–Trinajstić information content (AvgIpc) is 2.72. The van der Waals surface area contributed by atoms with E-state index in [1.54, 1.807) is 26.0 Å². The molecule has 180 valence electrons. The number of aromatic hydroxyl groups is 1. The molecule has 3 rings (SSSR count). The summed E-state index contributed by atoms with van der Waals surface area (Å²) in [6.07, 6.45) is -1.55. The second-order valence-corrected chi connectivity index (χ2v) is 9.82. The quantitative estimate of drug-likeness (QED) is 0.537. The van der Waals surface area contributed by atoms with Gasteiger partial charge < -0.3 is 19.3 Å². The molecule has 5 atom stereocenters. The molecule has 0 radical (unpaired) electrons. The first-order valence-corrected chi connectivity index (χ1v) is 11.1. The molecule has 33 heavy (non-hydrogen) atoms. The van der Waals surface area contributed by atoms with Gasteiger partial charge in [0.05, 0.1) is 12.5 Å². The van der Waals surface area contributed by atoms with E-state index in [4.69, 9.17) is 14.2 Å². The molecule has 0 aliphatic heterocycles. The fourth-order valence-corrected chi connectivity index (χ4v) is 5.90. The van der Waals surface area contributed by atoms with E-state index >= 15 is 0 Å². The van der Waals surface area contributed by atoms with E-state index in [1.807, 2.05) is 13.8 Å². The molecule has 1 aromatic rings. The molecule has 1 saturated carbocycles. The number of rotatable bonds is 4. The van der Waals surface area contributed by atoms with Crippen LogP contribution in [0.3, 0.4) is 0 Å². The van der Waals surface area contributed by atoms with E-state index < -0.39 is 52.6 Å². The van der Waals surface area contributed by atoms with Gasteiger partial charge in [0.2, 0.25) is 5.78 Å². The van der Waals surface area contributed by atoms with E-state index in [2.05, 4.69) is 0 Å². The minimum absolute atomic E-state index is 0.0164. The molecule has 8 nitrogen and oxygen atoms in total. The third-order valence-corrected chi connectivity index (χ3v) is 7.35. The van der Waals surface area contributed by atoms with Gasteiger partial charge in [0, 0.05) is 36.3 Å². The number of carbonyl (C=O) groups is 4. The Kier molecular flexibility index (Phi) is 6.35. The van der Waals surface area contributed by atoms with Crippen molar-refractivity contribution in [2.75, 3.05) is 7.11 Å². The lowest BCUT2D eigenvalue weighted by Crippen LogP contribution is -2.66. The van der Waals surface area contributed by atoms with E-state index in [0.29, 0.717) is 12.0 Å². The Hall–Kier alpha value is -2.90. The van der Waals surface area contributed by atoms with Crippen LogP contribution in [0.2, 0.25) is 0 Å². The lowest BCUT2D eigenvalue weighted by Gasteiger charge is -2.57. The predicted octanol–water partition coefficient (Wildman–Crippen LogP) is 3.42. The number of benzene rings is 1. The second-order valence-electron chi connectivity index (χ2n) is 9.82. The molecule has 1 aromatic carbocycles. The lowest BCUT2D eigenvalue weighted by atomic mass is 9.47. The van der Waals surface area contributed by atoms with Gasteiger partial charge in [0.25, 0.3) is 0 Å². The van der Waals surface area contributed by atoms with Crippen LogP contribution in [0.4, 0.5) is 0 Å². The van der Waals surface area contributed by atoms with Gasteiger partial charge in [-0.15, -0.1) is 0 Å². The van der Waals surface area contributed by atoms with Gasteiger partial charge in [-0.25, -0.2) is 0 Å². The third kappa shape index (κ3) is 3.79. The van der Waals surface area contributed by atoms with Crippen LogP contribution in [0.15, 0.2) is 12.1 Å². The molecular formula is C25H32O8. The molecule has 8 heteroatoms. The standard InChI is InChI=1S/C25H32O8/c1-12(2)15-10-16-19(17(28)11-15)25(6)18(32-13(3)26)8-9-24(5,23(30)31-7)22(25)21(20(16)29)33-14(4)27/h10-12,18,21-22,28H,8-9H2,1-7H3. The Morgan fingerprint density at radius 3 is 2.21 bits per heavy atom. The van der Waals surface area contributed by atoms with Crippen molar-refractivity contribution in [2.24, 2.45) is 11.3 Å². The molecule has 2 aliphatic carbocycles. The summed E-state index contributed by atoms with van der Waals surface area (Å²) in [5, 5.41) is 11.2. The zero-order valence-corrected chi connectivity index (χ0v) is 20.2. The topological polar surface area (TPSA) is 116 Å². The van der Waals surface area contributed by atoms with Crippen LogP contribution in [0.25, 0.3) is 0 Å². The van der Waals surface area contributed by atoms with Gasteiger partial charge in [-0.05, 0) is 43.4 Å². The number of ketones is 1. The van der Waals surface area contributed by atoms with E-state index in [0.717, 1.165) is 5.56 Å². The second kappa shape index (κ2) is 8.47. The van der Waals surface area contributed by atoms with Crippen LogP contribution < -0.4 is 0 Å². The largest absolute Gasteiger partial charge is 0.508 e. The zero-order chi connectivity index (χ0) is 24.9. The van der Waals surface area contributed by atoms with Crippen molar-refractivity contribution < 1.29 is 38.5 Å². The number of Topliss-reactive ketones (excluding diaryl/α,β-unsaturated/α-hetero) is 1. The summed E-state index contributed by atoms with van der Waals surface area (Å²) in [5.41, 5.74) is -1.22. The summed E-state index contributed by atoms with van der Waals surface area (Å²) in [6.45, 7) is 9.76. The maximum atomic E-state index is 13.8. The molecule has 0 bridgehead atoms. The van der Waals surface area contributed by atoms with Crippen LogP contribution in [-0.4, -0.2) is 48.1 Å². The predicted molar refractivity (Wildman–Crippen MR) is 118 cm³/mol. The van der Waals surface area contributed by atoms with Crippen molar-refractivity contribution in [3.05, 3.63) is 28.8 Å². The number of esters is 3. The number of fused-ring (bicyclic) bond motifs is 3. The van der Waals surface area contributed by atoms with Crippen molar-refractivity contribution in [2.45, 2.75) is 77.9 Å². The van der Waals surface area contributed by atoms with Gasteiger partial charge in [-0.3, -0.25) is 19.2 Å². The molecule has 1 N–H and O–H groups in total. The number of phenolic OH excluding ortho intramolecular Hbond substituents is 1. The number of hydrogen-bond acceptors (Lipinski definition) is 8. The zero-order valence-electron chi connectivity index (χ0n) is 20.2. The van der Waals surface area contributed by atoms with Crippen LogP contribution in [0.5, 0.6) is 5.75 Å². The van der Waals surface area contributed by atoms with Crippen molar-refractivity contribution >= 4 is 23.7 Å². The minimum Gasteiger partial charge on any atom is -0.508 e. The van der Waals surface area contributed by atoms with Crippen molar-refractivity contribution in [1.82, 2.24) is 0 Å². The maximum Gasteiger partial charge on any atom is 0.311 e. The number of ether oxygens (including phenoxy) is 3. The third-order valence-electron chi connectivity index (χ3n) is 7.35. The highest BCUT2D eigenvalue weighted by molar-refractivity contribution is 6.05. The van der Waals surface area contributed by atoms with Crippen molar-refractivity contribution in [1.29, 1.82) is 0 Å². The monoisotopic (exact) mass is 460 g/mol. The Bertz CT molecular complexity index is 1010. The van der Waals surface area contributed by atoms with Crippen molar-refractivity contribution in [3.8, 4) is 5.75 Å². The first-order valence-electron chi connectivity index (χ1n) is 11.1. The van der Waals surface area contributed by atoms with Gasteiger partial charge in [-0.2, -0.15) is 0 Å². The maximum absolute atomic E-state index is 13.8. The SMILES string of the molecule is COC(=O)C1(C)CCC(OC(C)=O)C2(C)c3c(O)cc(C(C)C)cc3C(=O)C(OC(C)=O)C12. The first kappa shape index (κ1) is 24.7. The summed E-state index contributed by atoms with van der Waals surface area (Å²) in [6, 6.07) is 3.29. The van der Waals surface area contributed by atoms with Gasteiger partial charge in [0.15, 0.2) is 6.10 Å².